The van der Waals surface area contributed by atoms with E-state index in [0.717, 1.165) is 98.7 Å². The summed E-state index contributed by atoms with van der Waals surface area (Å²) in [7, 11) is 0. The molecule has 0 saturated heterocycles. The Hall–Kier alpha value is -6.87. The van der Waals surface area contributed by atoms with Crippen LogP contribution >= 0.6 is 0 Å². The molecule has 9 nitrogen and oxygen atoms in total. The van der Waals surface area contributed by atoms with Crippen molar-refractivity contribution >= 4 is 83.7 Å². The Bertz CT molecular complexity index is 3060. The van der Waals surface area contributed by atoms with Crippen LogP contribution in [0.1, 0.15) is 115 Å². The average molecular weight is 841 g/mol. The molecule has 1 atom stereocenters. The molecule has 0 amide bonds. The van der Waals surface area contributed by atoms with Crippen LogP contribution in [-0.4, -0.2) is 50.1 Å². The first kappa shape index (κ1) is 42.8. The Morgan fingerprint density at radius 1 is 0.587 bits per heavy atom. The van der Waals surface area contributed by atoms with Crippen LogP contribution in [0.2, 0.25) is 0 Å². The van der Waals surface area contributed by atoms with Gasteiger partial charge in [-0.25, -0.2) is 0 Å². The highest BCUT2D eigenvalue weighted by Gasteiger charge is 2.23. The third-order valence-electron chi connectivity index (χ3n) is 12.4. The van der Waals surface area contributed by atoms with Crippen molar-refractivity contribution in [2.75, 3.05) is 6.61 Å². The Morgan fingerprint density at radius 3 is 1.86 bits per heavy atom. The van der Waals surface area contributed by atoms with E-state index in [1.165, 1.54) is 0 Å². The van der Waals surface area contributed by atoms with Gasteiger partial charge in [0.15, 0.2) is 17.3 Å². The second kappa shape index (κ2) is 18.6. The monoisotopic (exact) mass is 840 g/mol. The first-order valence-electron chi connectivity index (χ1n) is 22.2. The van der Waals surface area contributed by atoms with Gasteiger partial charge in [-0.05, 0) is 96.9 Å². The lowest BCUT2D eigenvalue weighted by Gasteiger charge is -2.18. The lowest BCUT2D eigenvalue weighted by atomic mass is 9.94. The number of carbonyl (C=O) groups excluding carboxylic acids is 4. The number of carboxylic acid groups (broad SMARTS) is 1. The minimum absolute atomic E-state index is 0.0350. The molecule has 63 heavy (non-hydrogen) atoms. The van der Waals surface area contributed by atoms with Gasteiger partial charge in [-0.15, -0.1) is 0 Å². The number of fused-ring (bicyclic) bond motifs is 8. The Morgan fingerprint density at radius 2 is 1.19 bits per heavy atom. The number of hydrogen-bond acceptors (Lipinski definition) is 6. The van der Waals surface area contributed by atoms with E-state index in [9.17, 15) is 29.1 Å². The van der Waals surface area contributed by atoms with E-state index in [4.69, 9.17) is 4.74 Å². The number of carbonyl (C=O) groups is 5. The molecule has 0 saturated carbocycles. The van der Waals surface area contributed by atoms with Crippen molar-refractivity contribution in [3.05, 3.63) is 138 Å². The van der Waals surface area contributed by atoms with Crippen LogP contribution in [0.3, 0.4) is 0 Å². The van der Waals surface area contributed by atoms with Crippen molar-refractivity contribution in [2.24, 2.45) is 5.92 Å². The molecule has 6 aromatic carbocycles. The Labute approximate surface area is 366 Å². The van der Waals surface area contributed by atoms with Gasteiger partial charge in [-0.2, -0.15) is 0 Å². The SMILES string of the molecule is CCCCC(CC)Cn1c2ccc(C(=O)CCC(=O)O)cc2c2cc(C(=O)c3ccc(-n4c5ccccc5c5cc(C(=O)CCC(=O)OCCC)ccc54)cc3)c3ccccc3c21. The summed E-state index contributed by atoms with van der Waals surface area (Å²) in [5.74, 6) is -1.44. The van der Waals surface area contributed by atoms with Crippen molar-refractivity contribution in [1.82, 2.24) is 9.13 Å². The van der Waals surface area contributed by atoms with Crippen molar-refractivity contribution in [3.8, 4) is 5.69 Å². The number of aromatic nitrogens is 2. The second-order valence-corrected chi connectivity index (χ2v) is 16.5. The smallest absolute Gasteiger partial charge is 0.306 e. The van der Waals surface area contributed by atoms with Crippen LogP contribution in [-0.2, 0) is 20.9 Å². The van der Waals surface area contributed by atoms with E-state index in [0.29, 0.717) is 34.8 Å². The van der Waals surface area contributed by atoms with Gasteiger partial charge < -0.3 is 19.0 Å². The third kappa shape index (κ3) is 8.52. The third-order valence-corrected chi connectivity index (χ3v) is 12.4. The number of aliphatic carboxylic acids is 1. The quantitative estimate of drug-likeness (QED) is 0.0635. The maximum absolute atomic E-state index is 14.8. The van der Waals surface area contributed by atoms with E-state index < -0.39 is 5.97 Å². The number of benzene rings is 6. The number of nitrogens with zero attached hydrogens (tertiary/aromatic N) is 2. The van der Waals surface area contributed by atoms with Crippen LogP contribution in [0.5, 0.6) is 0 Å². The van der Waals surface area contributed by atoms with Crippen molar-refractivity contribution in [3.63, 3.8) is 0 Å². The molecule has 2 heterocycles. The molecule has 0 fully saturated rings. The van der Waals surface area contributed by atoms with Crippen molar-refractivity contribution < 1.29 is 33.8 Å². The number of hydrogen-bond donors (Lipinski definition) is 1. The predicted molar refractivity (Wildman–Crippen MR) is 250 cm³/mol. The molecule has 320 valence electrons. The number of esters is 1. The number of carboxylic acids is 1. The zero-order chi connectivity index (χ0) is 44.2. The van der Waals surface area contributed by atoms with Gasteiger partial charge in [0.1, 0.15) is 0 Å². The van der Waals surface area contributed by atoms with Gasteiger partial charge in [-0.3, -0.25) is 24.0 Å². The first-order chi connectivity index (χ1) is 30.6. The lowest BCUT2D eigenvalue weighted by Crippen LogP contribution is -2.10. The van der Waals surface area contributed by atoms with E-state index in [1.807, 2.05) is 104 Å². The minimum atomic E-state index is -1.01. The maximum Gasteiger partial charge on any atom is 0.306 e. The molecule has 2 aromatic heterocycles. The summed E-state index contributed by atoms with van der Waals surface area (Å²) in [5.41, 5.74) is 6.76. The summed E-state index contributed by atoms with van der Waals surface area (Å²) in [6.07, 6.45) is 4.86. The molecular formula is C54H52N2O7. The number of Topliss-reactive ketones (excluding diaryl/α,β-unsaturated/α-hetero) is 2. The number of para-hydroxylation sites is 1. The summed E-state index contributed by atoms with van der Waals surface area (Å²) in [5, 5.41) is 14.7. The fourth-order valence-electron chi connectivity index (χ4n) is 9.04. The minimum Gasteiger partial charge on any atom is -0.481 e. The molecule has 9 heteroatoms. The van der Waals surface area contributed by atoms with Gasteiger partial charge in [0.2, 0.25) is 0 Å². The molecule has 0 aliphatic carbocycles. The van der Waals surface area contributed by atoms with Crippen LogP contribution in [0.4, 0.5) is 0 Å². The van der Waals surface area contributed by atoms with Gasteiger partial charge in [0, 0.05) is 79.8 Å². The van der Waals surface area contributed by atoms with E-state index in [-0.39, 0.29) is 49.0 Å². The van der Waals surface area contributed by atoms with Crippen molar-refractivity contribution in [2.45, 2.75) is 85.1 Å². The first-order valence-corrected chi connectivity index (χ1v) is 22.2. The van der Waals surface area contributed by atoms with Crippen molar-refractivity contribution in [1.29, 1.82) is 0 Å². The number of unbranched alkanes of at least 4 members (excludes halogenated alkanes) is 1. The molecule has 8 rings (SSSR count). The normalized spacial score (nSPS) is 12.1. The highest BCUT2D eigenvalue weighted by Crippen LogP contribution is 2.39. The molecule has 1 N–H and O–H groups in total. The van der Waals surface area contributed by atoms with Crippen LogP contribution in [0.25, 0.3) is 60.1 Å². The van der Waals surface area contributed by atoms with E-state index >= 15 is 0 Å². The molecule has 0 bridgehead atoms. The van der Waals surface area contributed by atoms with Crippen LogP contribution in [0, 0.1) is 5.92 Å². The Balaban J connectivity index is 1.19. The second-order valence-electron chi connectivity index (χ2n) is 16.5. The average Bonchev–Trinajstić information content (AvgIpc) is 3.81. The van der Waals surface area contributed by atoms with E-state index in [1.54, 1.807) is 12.1 Å². The summed E-state index contributed by atoms with van der Waals surface area (Å²) in [4.78, 5) is 64.7. The van der Waals surface area contributed by atoms with Gasteiger partial charge in [0.25, 0.3) is 0 Å². The van der Waals surface area contributed by atoms with Crippen LogP contribution < -0.4 is 0 Å². The summed E-state index contributed by atoms with van der Waals surface area (Å²) < 4.78 is 9.66. The lowest BCUT2D eigenvalue weighted by molar-refractivity contribution is -0.143. The van der Waals surface area contributed by atoms with Gasteiger partial charge in [-0.1, -0.05) is 82.5 Å². The summed E-state index contributed by atoms with van der Waals surface area (Å²) in [6, 6.07) is 36.9. The fourth-order valence-corrected chi connectivity index (χ4v) is 9.04. The molecule has 8 aromatic rings. The highest BCUT2D eigenvalue weighted by molar-refractivity contribution is 6.26. The van der Waals surface area contributed by atoms with E-state index in [2.05, 4.69) is 29.0 Å². The highest BCUT2D eigenvalue weighted by atomic mass is 16.5. The summed E-state index contributed by atoms with van der Waals surface area (Å²) in [6.45, 7) is 7.50. The largest absolute Gasteiger partial charge is 0.481 e. The summed E-state index contributed by atoms with van der Waals surface area (Å²) >= 11 is 0. The number of ether oxygens (including phenoxy) is 1. The standard InChI is InChI=1S/C54H52N2O7/c1-4-7-12-34(6-3)33-55-46-23-19-36(49(57)25-27-51(59)60)31-43(46)44-32-45(39-13-8-9-15-41(39)53(44)55)54(62)35-17-21-38(22-18-35)56-47-16-11-10-14-40(47)42-30-37(20-24-48(42)56)50(58)26-28-52(61)63-29-5-2/h8-11,13-24,30-32,34H,4-7,12,25-29,33H2,1-3H3,(H,59,60). The van der Waals surface area contributed by atoms with Gasteiger partial charge in [0.05, 0.1) is 36.0 Å². The number of ketones is 3. The topological polar surface area (TPSA) is 125 Å². The molecule has 1 unspecified atom stereocenters. The number of rotatable bonds is 19. The molecule has 0 aliphatic heterocycles. The Kier molecular flexibility index (Phi) is 12.7. The molecular weight excluding hydrogens is 789 g/mol. The predicted octanol–water partition coefficient (Wildman–Crippen LogP) is 12.5. The molecule has 0 aliphatic rings. The fraction of sp³-hybridized carbons (Fsp3) is 0.278. The zero-order valence-corrected chi connectivity index (χ0v) is 36.1. The maximum atomic E-state index is 14.8. The van der Waals surface area contributed by atoms with Crippen LogP contribution in [0.15, 0.2) is 115 Å². The molecule has 0 spiro atoms. The molecule has 0 radical (unpaired) electrons. The zero-order valence-electron chi connectivity index (χ0n) is 36.1. The van der Waals surface area contributed by atoms with Gasteiger partial charge >= 0.3 is 11.9 Å².